The minimum Gasteiger partial charge on any atom is -0.294 e. The second-order valence-electron chi connectivity index (χ2n) is 4.85. The van der Waals surface area contributed by atoms with Crippen LogP contribution in [-0.4, -0.2) is 15.6 Å². The summed E-state index contributed by atoms with van der Waals surface area (Å²) in [4.78, 5) is 12.3. The van der Waals surface area contributed by atoms with E-state index in [1.807, 2.05) is 40.1 Å². The number of aromatic nitrogens is 2. The fourth-order valence-corrected chi connectivity index (χ4v) is 2.43. The molecule has 0 amide bonds. The standard InChI is InChI=1S/C15H18N2O/c1-10-7-11(2)15(12(3)8-10)14(18)9-13-5-6-17(4)16-13/h5-8H,9H2,1-4H3. The monoisotopic (exact) mass is 242 g/mol. The Bertz CT molecular complexity index is 573. The molecule has 0 aliphatic rings. The zero-order valence-electron chi connectivity index (χ0n) is 11.3. The second kappa shape index (κ2) is 4.77. The van der Waals surface area contributed by atoms with Crippen LogP contribution >= 0.6 is 0 Å². The molecule has 94 valence electrons. The highest BCUT2D eigenvalue weighted by atomic mass is 16.1. The minimum absolute atomic E-state index is 0.142. The van der Waals surface area contributed by atoms with E-state index in [1.165, 1.54) is 5.56 Å². The molecule has 0 N–H and O–H groups in total. The van der Waals surface area contributed by atoms with Gasteiger partial charge in [-0.3, -0.25) is 9.48 Å². The Hall–Kier alpha value is -1.90. The summed E-state index contributed by atoms with van der Waals surface area (Å²) in [5, 5.41) is 4.25. The summed E-state index contributed by atoms with van der Waals surface area (Å²) in [6.45, 7) is 6.03. The first-order valence-electron chi connectivity index (χ1n) is 6.07. The quantitative estimate of drug-likeness (QED) is 0.776. The lowest BCUT2D eigenvalue weighted by atomic mass is 9.95. The third-order valence-electron chi connectivity index (χ3n) is 3.07. The van der Waals surface area contributed by atoms with Crippen molar-refractivity contribution in [2.75, 3.05) is 0 Å². The lowest BCUT2D eigenvalue weighted by molar-refractivity contribution is 0.0990. The molecule has 0 aliphatic heterocycles. The molecule has 1 heterocycles. The van der Waals surface area contributed by atoms with Crippen LogP contribution in [0.5, 0.6) is 0 Å². The summed E-state index contributed by atoms with van der Waals surface area (Å²) in [7, 11) is 1.86. The number of nitrogens with zero attached hydrogens (tertiary/aromatic N) is 2. The summed E-state index contributed by atoms with van der Waals surface area (Å²) < 4.78 is 1.72. The van der Waals surface area contributed by atoms with Gasteiger partial charge in [0.2, 0.25) is 0 Å². The molecule has 1 aromatic heterocycles. The normalized spacial score (nSPS) is 10.7. The number of hydrogen-bond acceptors (Lipinski definition) is 2. The topological polar surface area (TPSA) is 34.9 Å². The van der Waals surface area contributed by atoms with Crippen LogP contribution in [0.1, 0.15) is 32.7 Å². The molecule has 0 fully saturated rings. The summed E-state index contributed by atoms with van der Waals surface area (Å²) in [5.74, 6) is 0.142. The van der Waals surface area contributed by atoms with Crippen LogP contribution in [0, 0.1) is 20.8 Å². The van der Waals surface area contributed by atoms with Gasteiger partial charge in [0.25, 0.3) is 0 Å². The average Bonchev–Trinajstić information content (AvgIpc) is 2.62. The number of Topliss-reactive ketones (excluding diaryl/α,β-unsaturated/α-hetero) is 1. The van der Waals surface area contributed by atoms with E-state index >= 15 is 0 Å². The Labute approximate surface area is 107 Å². The van der Waals surface area contributed by atoms with Crippen molar-refractivity contribution < 1.29 is 4.79 Å². The van der Waals surface area contributed by atoms with Gasteiger partial charge in [0.05, 0.1) is 12.1 Å². The van der Waals surface area contributed by atoms with Crippen molar-refractivity contribution in [2.24, 2.45) is 7.05 Å². The van der Waals surface area contributed by atoms with Crippen molar-refractivity contribution >= 4 is 5.78 Å². The molecular weight excluding hydrogens is 224 g/mol. The van der Waals surface area contributed by atoms with Crippen molar-refractivity contribution in [3.05, 3.63) is 52.3 Å². The predicted molar refractivity (Wildman–Crippen MR) is 71.9 cm³/mol. The molecule has 0 spiro atoms. The molecule has 3 heteroatoms. The number of aryl methyl sites for hydroxylation is 4. The summed E-state index contributed by atoms with van der Waals surface area (Å²) >= 11 is 0. The Balaban J connectivity index is 2.29. The Kier molecular flexibility index (Phi) is 3.32. The first kappa shape index (κ1) is 12.6. The maximum absolute atomic E-state index is 12.3. The van der Waals surface area contributed by atoms with E-state index in [4.69, 9.17) is 0 Å². The van der Waals surface area contributed by atoms with Gasteiger partial charge in [-0.1, -0.05) is 17.7 Å². The van der Waals surface area contributed by atoms with E-state index in [0.717, 1.165) is 22.4 Å². The van der Waals surface area contributed by atoms with Crippen LogP contribution in [0.15, 0.2) is 24.4 Å². The molecule has 0 bridgehead atoms. The molecule has 2 rings (SSSR count). The molecule has 18 heavy (non-hydrogen) atoms. The van der Waals surface area contributed by atoms with E-state index in [2.05, 4.69) is 17.2 Å². The number of carbonyl (C=O) groups is 1. The summed E-state index contributed by atoms with van der Waals surface area (Å²) in [6.07, 6.45) is 2.23. The van der Waals surface area contributed by atoms with E-state index in [0.29, 0.717) is 6.42 Å². The van der Waals surface area contributed by atoms with Crippen molar-refractivity contribution in [1.29, 1.82) is 0 Å². The third kappa shape index (κ3) is 2.50. The van der Waals surface area contributed by atoms with E-state index < -0.39 is 0 Å². The zero-order chi connectivity index (χ0) is 13.3. The highest BCUT2D eigenvalue weighted by molar-refractivity contribution is 6.00. The Morgan fingerprint density at radius 2 is 1.83 bits per heavy atom. The lowest BCUT2D eigenvalue weighted by Gasteiger charge is -2.09. The Morgan fingerprint density at radius 1 is 1.22 bits per heavy atom. The van der Waals surface area contributed by atoms with Crippen LogP contribution in [0.2, 0.25) is 0 Å². The minimum atomic E-state index is 0.142. The fourth-order valence-electron chi connectivity index (χ4n) is 2.43. The maximum Gasteiger partial charge on any atom is 0.169 e. The molecule has 0 atom stereocenters. The zero-order valence-corrected chi connectivity index (χ0v) is 11.3. The molecule has 3 nitrogen and oxygen atoms in total. The van der Waals surface area contributed by atoms with E-state index in [1.54, 1.807) is 4.68 Å². The van der Waals surface area contributed by atoms with E-state index in [-0.39, 0.29) is 5.78 Å². The smallest absolute Gasteiger partial charge is 0.169 e. The average molecular weight is 242 g/mol. The fraction of sp³-hybridized carbons (Fsp3) is 0.333. The number of benzene rings is 1. The summed E-state index contributed by atoms with van der Waals surface area (Å²) in [5.41, 5.74) is 4.95. The molecule has 0 saturated carbocycles. The molecule has 2 aromatic rings. The number of rotatable bonds is 3. The van der Waals surface area contributed by atoms with E-state index in [9.17, 15) is 4.79 Å². The number of ketones is 1. The predicted octanol–water partition coefficient (Wildman–Crippen LogP) is 2.77. The van der Waals surface area contributed by atoms with Gasteiger partial charge in [0, 0.05) is 18.8 Å². The second-order valence-corrected chi connectivity index (χ2v) is 4.85. The van der Waals surface area contributed by atoms with Gasteiger partial charge in [0.1, 0.15) is 0 Å². The van der Waals surface area contributed by atoms with Gasteiger partial charge in [-0.15, -0.1) is 0 Å². The molecule has 1 aromatic carbocycles. The van der Waals surface area contributed by atoms with Crippen LogP contribution in [0.4, 0.5) is 0 Å². The number of carbonyl (C=O) groups excluding carboxylic acids is 1. The summed E-state index contributed by atoms with van der Waals surface area (Å²) in [6, 6.07) is 5.99. The highest BCUT2D eigenvalue weighted by Crippen LogP contribution is 2.18. The first-order chi connectivity index (χ1) is 8.47. The highest BCUT2D eigenvalue weighted by Gasteiger charge is 2.14. The van der Waals surface area contributed by atoms with Gasteiger partial charge >= 0.3 is 0 Å². The molecule has 0 radical (unpaired) electrons. The first-order valence-corrected chi connectivity index (χ1v) is 6.07. The molecule has 0 unspecified atom stereocenters. The third-order valence-corrected chi connectivity index (χ3v) is 3.07. The van der Waals surface area contributed by atoms with Gasteiger partial charge in [0.15, 0.2) is 5.78 Å². The van der Waals surface area contributed by atoms with Crippen molar-refractivity contribution in [2.45, 2.75) is 27.2 Å². The lowest BCUT2D eigenvalue weighted by Crippen LogP contribution is -2.09. The van der Waals surface area contributed by atoms with Crippen molar-refractivity contribution in [3.63, 3.8) is 0 Å². The van der Waals surface area contributed by atoms with Crippen LogP contribution < -0.4 is 0 Å². The van der Waals surface area contributed by atoms with Crippen LogP contribution in [0.3, 0.4) is 0 Å². The number of hydrogen-bond donors (Lipinski definition) is 0. The van der Waals surface area contributed by atoms with Gasteiger partial charge in [-0.05, 0) is 38.0 Å². The van der Waals surface area contributed by atoms with Gasteiger partial charge in [-0.25, -0.2) is 0 Å². The van der Waals surface area contributed by atoms with Crippen LogP contribution in [0.25, 0.3) is 0 Å². The van der Waals surface area contributed by atoms with Crippen LogP contribution in [-0.2, 0) is 13.5 Å². The Morgan fingerprint density at radius 3 is 2.33 bits per heavy atom. The van der Waals surface area contributed by atoms with Crippen molar-refractivity contribution in [1.82, 2.24) is 9.78 Å². The molecule has 0 aliphatic carbocycles. The molecule has 0 saturated heterocycles. The van der Waals surface area contributed by atoms with Gasteiger partial charge < -0.3 is 0 Å². The van der Waals surface area contributed by atoms with Gasteiger partial charge in [-0.2, -0.15) is 5.10 Å². The maximum atomic E-state index is 12.3. The van der Waals surface area contributed by atoms with Crippen molar-refractivity contribution in [3.8, 4) is 0 Å². The SMILES string of the molecule is Cc1cc(C)c(C(=O)Cc2ccn(C)n2)c(C)c1. The molecular formula is C15H18N2O. The largest absolute Gasteiger partial charge is 0.294 e.